The number of para-hydroxylation sites is 1. The Morgan fingerprint density at radius 3 is 2.26 bits per heavy atom. The predicted octanol–water partition coefficient (Wildman–Crippen LogP) is 7.12. The number of urea groups is 1. The first kappa shape index (κ1) is 24.1. The summed E-state index contributed by atoms with van der Waals surface area (Å²) in [5, 5.41) is 14.0. The van der Waals surface area contributed by atoms with Gasteiger partial charge in [-0.2, -0.15) is 13.2 Å². The van der Waals surface area contributed by atoms with Crippen molar-refractivity contribution in [2.75, 3.05) is 10.6 Å². The lowest BCUT2D eigenvalue weighted by atomic mass is 9.63. The van der Waals surface area contributed by atoms with Crippen molar-refractivity contribution < 1.29 is 27.9 Å². The van der Waals surface area contributed by atoms with Crippen LogP contribution in [0.15, 0.2) is 48.5 Å². The highest BCUT2D eigenvalue weighted by atomic mass is 19.4. The van der Waals surface area contributed by atoms with E-state index in [1.165, 1.54) is 23.8 Å². The number of anilines is 2. The summed E-state index contributed by atoms with van der Waals surface area (Å²) in [6, 6.07) is 11.6. The standard InChI is InChI=1S/C26H29F3N2O3/c27-26(28,29)22-3-1-2-4-23(22)31-25(34)30-21-11-9-17(10-12-21)19-8-7-18-13-16(14-24(32)33)5-6-20(18)15-19/h1-4,9-12,16,18-20H,5-8,13-15H2,(H,32,33)(H2,30,31,34). The summed E-state index contributed by atoms with van der Waals surface area (Å²) < 4.78 is 39.4. The molecule has 0 radical (unpaired) electrons. The Bertz CT molecular complexity index is 1020. The van der Waals surface area contributed by atoms with Gasteiger partial charge in [-0.3, -0.25) is 4.79 Å². The van der Waals surface area contributed by atoms with Crippen LogP contribution in [-0.2, 0) is 11.0 Å². The van der Waals surface area contributed by atoms with E-state index in [2.05, 4.69) is 10.6 Å². The molecule has 2 aromatic carbocycles. The van der Waals surface area contributed by atoms with Crippen molar-refractivity contribution in [1.82, 2.24) is 0 Å². The number of nitrogens with one attached hydrogen (secondary N) is 2. The number of hydrogen-bond donors (Lipinski definition) is 3. The summed E-state index contributed by atoms with van der Waals surface area (Å²) >= 11 is 0. The molecule has 2 amide bonds. The van der Waals surface area contributed by atoms with Gasteiger partial charge >= 0.3 is 18.2 Å². The maximum Gasteiger partial charge on any atom is 0.418 e. The largest absolute Gasteiger partial charge is 0.481 e. The summed E-state index contributed by atoms with van der Waals surface area (Å²) in [5.74, 6) is 1.26. The smallest absolute Gasteiger partial charge is 0.418 e. The third-order valence-electron chi connectivity index (χ3n) is 7.31. The summed E-state index contributed by atoms with van der Waals surface area (Å²) in [5.41, 5.74) is 0.514. The van der Waals surface area contributed by atoms with Crippen molar-refractivity contribution >= 4 is 23.4 Å². The first-order valence-corrected chi connectivity index (χ1v) is 11.7. The number of benzene rings is 2. The van der Waals surface area contributed by atoms with E-state index in [-0.39, 0.29) is 12.1 Å². The minimum Gasteiger partial charge on any atom is -0.481 e. The third-order valence-corrected chi connectivity index (χ3v) is 7.31. The summed E-state index contributed by atoms with van der Waals surface area (Å²) in [4.78, 5) is 23.3. The minimum absolute atomic E-state index is 0.274. The molecule has 0 spiro atoms. The molecule has 2 aliphatic carbocycles. The van der Waals surface area contributed by atoms with Gasteiger partial charge in [-0.05, 0) is 92.0 Å². The van der Waals surface area contributed by atoms with Gasteiger partial charge in [0, 0.05) is 12.1 Å². The third kappa shape index (κ3) is 5.90. The molecule has 5 nitrogen and oxygen atoms in total. The molecule has 3 N–H and O–H groups in total. The number of hydrogen-bond acceptors (Lipinski definition) is 2. The Morgan fingerprint density at radius 2 is 1.56 bits per heavy atom. The van der Waals surface area contributed by atoms with E-state index in [1.807, 2.05) is 12.1 Å². The van der Waals surface area contributed by atoms with Crippen molar-refractivity contribution in [1.29, 1.82) is 0 Å². The topological polar surface area (TPSA) is 78.4 Å². The van der Waals surface area contributed by atoms with Gasteiger partial charge in [0.2, 0.25) is 0 Å². The highest BCUT2D eigenvalue weighted by molar-refractivity contribution is 6.00. The highest BCUT2D eigenvalue weighted by Crippen LogP contribution is 2.48. The van der Waals surface area contributed by atoms with E-state index in [9.17, 15) is 22.8 Å². The second kappa shape index (κ2) is 10.1. The number of halogens is 3. The van der Waals surface area contributed by atoms with Gasteiger partial charge in [-0.25, -0.2) is 4.79 Å². The van der Waals surface area contributed by atoms with Crippen molar-refractivity contribution in [2.24, 2.45) is 17.8 Å². The molecule has 0 bridgehead atoms. The Hall–Kier alpha value is -3.03. The molecule has 8 heteroatoms. The normalized spacial score (nSPS) is 24.7. The number of amides is 2. The summed E-state index contributed by atoms with van der Waals surface area (Å²) in [7, 11) is 0. The van der Waals surface area contributed by atoms with Crippen LogP contribution in [0, 0.1) is 17.8 Å². The molecule has 2 aromatic rings. The lowest BCUT2D eigenvalue weighted by Crippen LogP contribution is -2.31. The second-order valence-electron chi connectivity index (χ2n) is 9.55. The van der Waals surface area contributed by atoms with Crippen LogP contribution in [0.3, 0.4) is 0 Å². The number of carbonyl (C=O) groups is 2. The van der Waals surface area contributed by atoms with Crippen LogP contribution >= 0.6 is 0 Å². The number of carbonyl (C=O) groups excluding carboxylic acids is 1. The van der Waals surface area contributed by atoms with Gasteiger partial charge in [-0.15, -0.1) is 0 Å². The molecule has 4 unspecified atom stereocenters. The second-order valence-corrected chi connectivity index (χ2v) is 9.55. The van der Waals surface area contributed by atoms with Crippen LogP contribution in [0.5, 0.6) is 0 Å². The van der Waals surface area contributed by atoms with Crippen LogP contribution in [0.4, 0.5) is 29.3 Å². The van der Waals surface area contributed by atoms with Crippen LogP contribution in [0.25, 0.3) is 0 Å². The SMILES string of the molecule is O=C(O)CC1CCC2CC(c3ccc(NC(=O)Nc4ccccc4C(F)(F)F)cc3)CCC2C1. The van der Waals surface area contributed by atoms with Gasteiger partial charge in [0.15, 0.2) is 0 Å². The van der Waals surface area contributed by atoms with Crippen molar-refractivity contribution in [3.63, 3.8) is 0 Å². The zero-order valence-corrected chi connectivity index (χ0v) is 18.8. The van der Waals surface area contributed by atoms with Crippen LogP contribution < -0.4 is 10.6 Å². The van der Waals surface area contributed by atoms with Gasteiger partial charge < -0.3 is 15.7 Å². The first-order valence-electron chi connectivity index (χ1n) is 11.7. The maximum atomic E-state index is 13.1. The highest BCUT2D eigenvalue weighted by Gasteiger charge is 2.36. The van der Waals surface area contributed by atoms with Gasteiger partial charge in [0.1, 0.15) is 0 Å². The van der Waals surface area contributed by atoms with Crippen molar-refractivity contribution in [3.05, 3.63) is 59.7 Å². The summed E-state index contributed by atoms with van der Waals surface area (Å²) in [6.07, 6.45) is 2.05. The van der Waals surface area contributed by atoms with Gasteiger partial charge in [0.25, 0.3) is 0 Å². The fourth-order valence-electron chi connectivity index (χ4n) is 5.68. The molecular formula is C26H29F3N2O3. The molecule has 0 heterocycles. The quantitative estimate of drug-likeness (QED) is 0.432. The number of rotatable bonds is 5. The molecule has 4 atom stereocenters. The average Bonchev–Trinajstić information content (AvgIpc) is 2.78. The monoisotopic (exact) mass is 474 g/mol. The zero-order chi connectivity index (χ0) is 24.3. The van der Waals surface area contributed by atoms with E-state index in [0.717, 1.165) is 44.6 Å². The number of carboxylic acid groups (broad SMARTS) is 1. The number of fused-ring (bicyclic) bond motifs is 1. The molecule has 4 rings (SSSR count). The molecule has 0 aliphatic heterocycles. The van der Waals surface area contributed by atoms with Gasteiger partial charge in [0.05, 0.1) is 11.3 Å². The Kier molecular flexibility index (Phi) is 7.14. The maximum absolute atomic E-state index is 13.1. The lowest BCUT2D eigenvalue weighted by Gasteiger charge is -2.42. The van der Waals surface area contributed by atoms with E-state index >= 15 is 0 Å². The lowest BCUT2D eigenvalue weighted by molar-refractivity contribution is -0.139. The van der Waals surface area contributed by atoms with Crippen molar-refractivity contribution in [3.8, 4) is 0 Å². The van der Waals surface area contributed by atoms with E-state index < -0.39 is 23.7 Å². The zero-order valence-electron chi connectivity index (χ0n) is 18.8. The molecule has 0 aromatic heterocycles. The minimum atomic E-state index is -4.56. The number of alkyl halides is 3. The molecule has 2 saturated carbocycles. The number of carboxylic acids is 1. The molecule has 2 aliphatic rings. The van der Waals surface area contributed by atoms with Crippen LogP contribution in [0.1, 0.15) is 62.0 Å². The molecular weight excluding hydrogens is 445 g/mol. The van der Waals surface area contributed by atoms with Gasteiger partial charge in [-0.1, -0.05) is 24.3 Å². The predicted molar refractivity (Wildman–Crippen MR) is 124 cm³/mol. The van der Waals surface area contributed by atoms with Crippen molar-refractivity contribution in [2.45, 2.75) is 57.0 Å². The van der Waals surface area contributed by atoms with E-state index in [1.54, 1.807) is 12.1 Å². The first-order chi connectivity index (χ1) is 16.2. The molecule has 34 heavy (non-hydrogen) atoms. The number of aliphatic carboxylic acids is 1. The van der Waals surface area contributed by atoms with E-state index in [4.69, 9.17) is 5.11 Å². The molecule has 0 saturated heterocycles. The average molecular weight is 475 g/mol. The van der Waals surface area contributed by atoms with Crippen LogP contribution in [0.2, 0.25) is 0 Å². The fraction of sp³-hybridized carbons (Fsp3) is 0.462. The Morgan fingerprint density at radius 1 is 0.882 bits per heavy atom. The van der Waals surface area contributed by atoms with Crippen LogP contribution in [-0.4, -0.2) is 17.1 Å². The Balaban J connectivity index is 1.32. The molecule has 2 fully saturated rings. The summed E-state index contributed by atoms with van der Waals surface area (Å²) in [6.45, 7) is 0. The molecule has 182 valence electrons. The fourth-order valence-corrected chi connectivity index (χ4v) is 5.68. The van der Waals surface area contributed by atoms with E-state index in [0.29, 0.717) is 29.4 Å². The Labute approximate surface area is 196 Å².